The van der Waals surface area contributed by atoms with E-state index in [2.05, 4.69) is 15.5 Å². The molecule has 0 unspecified atom stereocenters. The maximum absolute atomic E-state index is 10.9. The Hall–Kier alpha value is -2.25. The zero-order chi connectivity index (χ0) is 14.8. The van der Waals surface area contributed by atoms with E-state index in [1.54, 1.807) is 12.1 Å². The Kier molecular flexibility index (Phi) is 3.68. The smallest absolute Gasteiger partial charge is 0.345 e. The fourth-order valence-electron chi connectivity index (χ4n) is 1.75. The van der Waals surface area contributed by atoms with Crippen LogP contribution < -0.4 is 5.43 Å². The summed E-state index contributed by atoms with van der Waals surface area (Å²) >= 11 is 2.73. The second-order valence-electron chi connectivity index (χ2n) is 4.26. The van der Waals surface area contributed by atoms with Gasteiger partial charge < -0.3 is 5.11 Å². The molecule has 0 bridgehead atoms. The van der Waals surface area contributed by atoms with Crippen LogP contribution in [-0.4, -0.2) is 21.8 Å². The lowest BCUT2D eigenvalue weighted by Crippen LogP contribution is -1.97. The number of aromatic nitrogens is 1. The van der Waals surface area contributed by atoms with Crippen molar-refractivity contribution in [2.45, 2.75) is 6.92 Å². The molecule has 0 fully saturated rings. The van der Waals surface area contributed by atoms with Crippen LogP contribution in [0.5, 0.6) is 0 Å². The van der Waals surface area contributed by atoms with Crippen LogP contribution in [0.25, 0.3) is 10.2 Å². The summed E-state index contributed by atoms with van der Waals surface area (Å²) in [4.78, 5) is 16.4. The lowest BCUT2D eigenvalue weighted by molar-refractivity contribution is 0.0702. The Labute approximate surface area is 128 Å². The van der Waals surface area contributed by atoms with Gasteiger partial charge in [-0.1, -0.05) is 23.5 Å². The van der Waals surface area contributed by atoms with Gasteiger partial charge in [0.15, 0.2) is 0 Å². The number of carboxylic acid groups (broad SMARTS) is 1. The second kappa shape index (κ2) is 5.63. The molecule has 0 atom stereocenters. The molecule has 2 aromatic heterocycles. The summed E-state index contributed by atoms with van der Waals surface area (Å²) < 4.78 is 1.09. The Morgan fingerprint density at radius 2 is 1.95 bits per heavy atom. The second-order valence-corrected chi connectivity index (χ2v) is 6.38. The highest BCUT2D eigenvalue weighted by Crippen LogP contribution is 2.25. The molecule has 7 heteroatoms. The minimum absolute atomic E-state index is 0.305. The highest BCUT2D eigenvalue weighted by atomic mass is 32.1. The highest BCUT2D eigenvalue weighted by molar-refractivity contribution is 7.22. The number of thiophene rings is 1. The van der Waals surface area contributed by atoms with E-state index in [0.717, 1.165) is 20.8 Å². The highest BCUT2D eigenvalue weighted by Gasteiger charge is 2.09. The van der Waals surface area contributed by atoms with Crippen molar-refractivity contribution in [1.29, 1.82) is 0 Å². The summed E-state index contributed by atoms with van der Waals surface area (Å²) in [5, 5.41) is 13.9. The van der Waals surface area contributed by atoms with Crippen molar-refractivity contribution in [3.63, 3.8) is 0 Å². The number of fused-ring (bicyclic) bond motifs is 1. The predicted octanol–water partition coefficient (Wildman–Crippen LogP) is 3.89. The van der Waals surface area contributed by atoms with Crippen molar-refractivity contribution in [3.05, 3.63) is 46.2 Å². The van der Waals surface area contributed by atoms with Gasteiger partial charge in [0.2, 0.25) is 5.13 Å². The molecule has 2 heterocycles. The number of hydrazone groups is 1. The number of benzene rings is 1. The molecule has 0 spiro atoms. The Balaban J connectivity index is 1.79. The third-order valence-electron chi connectivity index (χ3n) is 2.79. The summed E-state index contributed by atoms with van der Waals surface area (Å²) in [5.74, 6) is -0.918. The summed E-state index contributed by atoms with van der Waals surface area (Å²) in [6, 6.07) is 11.2. The van der Waals surface area contributed by atoms with E-state index in [1.165, 1.54) is 22.7 Å². The standard InChI is InChI=1S/C14H11N3O2S2/c1-8(10-6-7-12(20-10)13(18)19)16-17-14-15-9-4-2-3-5-11(9)21-14/h2-7H,1H3,(H,15,17)(H,18,19)/b16-8-. The average molecular weight is 317 g/mol. The zero-order valence-corrected chi connectivity index (χ0v) is 12.7. The average Bonchev–Trinajstić information content (AvgIpc) is 3.11. The molecule has 0 aliphatic rings. The number of carboxylic acids is 1. The van der Waals surface area contributed by atoms with Gasteiger partial charge in [-0.15, -0.1) is 11.3 Å². The molecular weight excluding hydrogens is 306 g/mol. The van der Waals surface area contributed by atoms with Crippen LogP contribution >= 0.6 is 22.7 Å². The molecule has 0 aliphatic heterocycles. The molecule has 3 rings (SSSR count). The van der Waals surface area contributed by atoms with Crippen molar-refractivity contribution in [3.8, 4) is 0 Å². The summed E-state index contributed by atoms with van der Waals surface area (Å²) in [7, 11) is 0. The van der Waals surface area contributed by atoms with Gasteiger partial charge in [-0.3, -0.25) is 5.43 Å². The molecule has 3 aromatic rings. The quantitative estimate of drug-likeness (QED) is 0.565. The molecule has 0 aliphatic carbocycles. The lowest BCUT2D eigenvalue weighted by Gasteiger charge is -1.97. The maximum atomic E-state index is 10.9. The number of hydrogen-bond donors (Lipinski definition) is 2. The normalized spacial score (nSPS) is 11.8. The first kappa shape index (κ1) is 13.7. The van der Waals surface area contributed by atoms with E-state index in [-0.39, 0.29) is 0 Å². The molecule has 1 aromatic carbocycles. The van der Waals surface area contributed by atoms with E-state index < -0.39 is 5.97 Å². The summed E-state index contributed by atoms with van der Waals surface area (Å²) in [5.41, 5.74) is 4.59. The zero-order valence-electron chi connectivity index (χ0n) is 11.0. The predicted molar refractivity (Wildman–Crippen MR) is 86.7 cm³/mol. The molecular formula is C14H11N3O2S2. The number of carbonyl (C=O) groups is 1. The molecule has 0 saturated heterocycles. The van der Waals surface area contributed by atoms with Gasteiger partial charge in [-0.2, -0.15) is 5.10 Å². The largest absolute Gasteiger partial charge is 0.477 e. The van der Waals surface area contributed by atoms with Crippen LogP contribution in [0.2, 0.25) is 0 Å². The van der Waals surface area contributed by atoms with Crippen LogP contribution in [0.1, 0.15) is 21.5 Å². The van der Waals surface area contributed by atoms with Crippen LogP contribution in [0, 0.1) is 0 Å². The number of nitrogens with one attached hydrogen (secondary N) is 1. The van der Waals surface area contributed by atoms with Gasteiger partial charge in [-0.25, -0.2) is 9.78 Å². The van der Waals surface area contributed by atoms with E-state index in [0.29, 0.717) is 10.0 Å². The minimum atomic E-state index is -0.918. The van der Waals surface area contributed by atoms with Gasteiger partial charge in [-0.05, 0) is 31.2 Å². The van der Waals surface area contributed by atoms with Gasteiger partial charge in [0.25, 0.3) is 0 Å². The maximum Gasteiger partial charge on any atom is 0.345 e. The molecule has 5 nitrogen and oxygen atoms in total. The SMILES string of the molecule is C/C(=N/Nc1nc2ccccc2s1)c1ccc(C(=O)O)s1. The van der Waals surface area contributed by atoms with E-state index >= 15 is 0 Å². The van der Waals surface area contributed by atoms with Crippen molar-refractivity contribution in [2.24, 2.45) is 5.10 Å². The summed E-state index contributed by atoms with van der Waals surface area (Å²) in [6.45, 7) is 1.83. The Morgan fingerprint density at radius 3 is 2.67 bits per heavy atom. The molecule has 21 heavy (non-hydrogen) atoms. The molecule has 106 valence electrons. The van der Waals surface area contributed by atoms with Gasteiger partial charge in [0.05, 0.1) is 20.8 Å². The number of rotatable bonds is 4. The molecule has 0 radical (unpaired) electrons. The van der Waals surface area contributed by atoms with Gasteiger partial charge in [0.1, 0.15) is 4.88 Å². The van der Waals surface area contributed by atoms with Crippen molar-refractivity contribution in [2.75, 3.05) is 5.43 Å². The number of aromatic carboxylic acids is 1. The number of anilines is 1. The fraction of sp³-hybridized carbons (Fsp3) is 0.0714. The Morgan fingerprint density at radius 1 is 1.19 bits per heavy atom. The molecule has 0 amide bonds. The number of nitrogens with zero attached hydrogens (tertiary/aromatic N) is 2. The lowest BCUT2D eigenvalue weighted by atomic mass is 10.3. The van der Waals surface area contributed by atoms with Crippen molar-refractivity contribution in [1.82, 2.24) is 4.98 Å². The van der Waals surface area contributed by atoms with E-state index in [9.17, 15) is 4.79 Å². The number of hydrogen-bond acceptors (Lipinski definition) is 6. The monoisotopic (exact) mass is 317 g/mol. The van der Waals surface area contributed by atoms with Gasteiger partial charge in [0, 0.05) is 0 Å². The van der Waals surface area contributed by atoms with E-state index in [4.69, 9.17) is 5.11 Å². The minimum Gasteiger partial charge on any atom is -0.477 e. The van der Waals surface area contributed by atoms with Crippen LogP contribution in [0.4, 0.5) is 5.13 Å². The van der Waals surface area contributed by atoms with Crippen LogP contribution in [0.15, 0.2) is 41.5 Å². The third-order valence-corrected chi connectivity index (χ3v) is 4.91. The Bertz CT molecular complexity index is 802. The number of thiazole rings is 1. The first-order valence-electron chi connectivity index (χ1n) is 6.13. The fourth-order valence-corrected chi connectivity index (χ4v) is 3.35. The molecule has 0 saturated carbocycles. The number of para-hydroxylation sites is 1. The van der Waals surface area contributed by atoms with Crippen LogP contribution in [-0.2, 0) is 0 Å². The first-order valence-corrected chi connectivity index (χ1v) is 7.76. The molecule has 2 N–H and O–H groups in total. The third kappa shape index (κ3) is 2.93. The first-order chi connectivity index (χ1) is 10.1. The van der Waals surface area contributed by atoms with Crippen LogP contribution in [0.3, 0.4) is 0 Å². The topological polar surface area (TPSA) is 74.6 Å². The summed E-state index contributed by atoms with van der Waals surface area (Å²) in [6.07, 6.45) is 0. The van der Waals surface area contributed by atoms with Gasteiger partial charge >= 0.3 is 5.97 Å². The van der Waals surface area contributed by atoms with Crippen molar-refractivity contribution < 1.29 is 9.90 Å². The van der Waals surface area contributed by atoms with E-state index in [1.807, 2.05) is 31.2 Å². The van der Waals surface area contributed by atoms with Crippen molar-refractivity contribution >= 4 is 49.7 Å².